The van der Waals surface area contributed by atoms with Crippen molar-refractivity contribution in [1.82, 2.24) is 10.2 Å². The molecule has 1 aliphatic rings. The van der Waals surface area contributed by atoms with Crippen LogP contribution in [0.25, 0.3) is 0 Å². The number of nitrogens with zero attached hydrogens (tertiary/aromatic N) is 2. The Kier molecular flexibility index (Phi) is 5.72. The van der Waals surface area contributed by atoms with Gasteiger partial charge in [0.15, 0.2) is 0 Å². The zero-order chi connectivity index (χ0) is 18.4. The number of nitrogens with one attached hydrogen (secondary N) is 1. The summed E-state index contributed by atoms with van der Waals surface area (Å²) in [5.41, 5.74) is -0.153. The highest BCUT2D eigenvalue weighted by atomic mass is 16.6. The van der Waals surface area contributed by atoms with Gasteiger partial charge in [0.2, 0.25) is 0 Å². The Labute approximate surface area is 145 Å². The van der Waals surface area contributed by atoms with E-state index in [9.17, 15) is 14.4 Å². The minimum absolute atomic E-state index is 0.0238. The molecule has 25 heavy (non-hydrogen) atoms. The zero-order valence-electron chi connectivity index (χ0n) is 14.1. The Hall–Kier alpha value is -2.92. The van der Waals surface area contributed by atoms with Gasteiger partial charge >= 0.3 is 12.0 Å². The predicted molar refractivity (Wildman–Crippen MR) is 86.2 cm³/mol. The molecule has 1 aliphatic heterocycles. The molecule has 8 nitrogen and oxygen atoms in total. The van der Waals surface area contributed by atoms with Crippen LogP contribution >= 0.6 is 0 Å². The van der Waals surface area contributed by atoms with Crippen molar-refractivity contribution in [3.05, 3.63) is 35.4 Å². The summed E-state index contributed by atoms with van der Waals surface area (Å²) in [4.78, 5) is 37.0. The minimum atomic E-state index is -1.20. The van der Waals surface area contributed by atoms with E-state index in [0.717, 1.165) is 4.90 Å². The fourth-order valence-electron chi connectivity index (χ4n) is 2.49. The normalized spacial score (nSPS) is 19.5. The number of carbonyl (C=O) groups excluding carboxylic acids is 3. The molecular weight excluding hydrogens is 326 g/mol. The Balaban J connectivity index is 1.98. The largest absolute Gasteiger partial charge is 0.464 e. The van der Waals surface area contributed by atoms with E-state index in [-0.39, 0.29) is 26.4 Å². The first-order valence-corrected chi connectivity index (χ1v) is 7.80. The summed E-state index contributed by atoms with van der Waals surface area (Å²) in [6.07, 6.45) is 0. The lowest BCUT2D eigenvalue weighted by Crippen LogP contribution is -2.41. The van der Waals surface area contributed by atoms with Crippen LogP contribution in [0.1, 0.15) is 25.0 Å². The van der Waals surface area contributed by atoms with Crippen molar-refractivity contribution in [3.63, 3.8) is 0 Å². The first-order valence-electron chi connectivity index (χ1n) is 7.80. The summed E-state index contributed by atoms with van der Waals surface area (Å²) >= 11 is 0. The van der Waals surface area contributed by atoms with E-state index >= 15 is 0 Å². The fourth-order valence-corrected chi connectivity index (χ4v) is 2.49. The molecule has 0 aliphatic carbocycles. The van der Waals surface area contributed by atoms with Gasteiger partial charge in [0, 0.05) is 0 Å². The number of esters is 1. The molecule has 8 heteroatoms. The van der Waals surface area contributed by atoms with Gasteiger partial charge in [0.25, 0.3) is 5.91 Å². The summed E-state index contributed by atoms with van der Waals surface area (Å²) in [5, 5.41) is 11.5. The van der Waals surface area contributed by atoms with E-state index in [1.54, 1.807) is 38.1 Å². The smallest absolute Gasteiger partial charge is 0.332 e. The van der Waals surface area contributed by atoms with Gasteiger partial charge in [-0.1, -0.05) is 12.1 Å². The number of carbonyl (C=O) groups is 3. The fraction of sp³-hybridized carbons (Fsp3) is 0.412. The quantitative estimate of drug-likeness (QED) is 0.447. The highest BCUT2D eigenvalue weighted by Gasteiger charge is 2.48. The van der Waals surface area contributed by atoms with Crippen molar-refractivity contribution >= 4 is 17.9 Å². The molecular formula is C17H19N3O5. The summed E-state index contributed by atoms with van der Waals surface area (Å²) in [5.74, 6) is -0.913. The van der Waals surface area contributed by atoms with Gasteiger partial charge in [-0.2, -0.15) is 5.26 Å². The Morgan fingerprint density at radius 1 is 1.32 bits per heavy atom. The molecule has 1 aromatic rings. The second-order valence-corrected chi connectivity index (χ2v) is 5.56. The van der Waals surface area contributed by atoms with Crippen molar-refractivity contribution in [1.29, 1.82) is 5.26 Å². The third-order valence-electron chi connectivity index (χ3n) is 3.85. The number of urea groups is 1. The average molecular weight is 345 g/mol. The number of nitriles is 1. The van der Waals surface area contributed by atoms with Gasteiger partial charge in [0.05, 0.1) is 31.4 Å². The van der Waals surface area contributed by atoms with Crippen molar-refractivity contribution in [2.45, 2.75) is 19.4 Å². The van der Waals surface area contributed by atoms with E-state index in [1.165, 1.54) is 0 Å². The Morgan fingerprint density at radius 2 is 2.00 bits per heavy atom. The number of benzene rings is 1. The van der Waals surface area contributed by atoms with Crippen molar-refractivity contribution in [2.24, 2.45) is 0 Å². The van der Waals surface area contributed by atoms with Crippen LogP contribution in [0, 0.1) is 11.3 Å². The minimum Gasteiger partial charge on any atom is -0.464 e. The lowest BCUT2D eigenvalue weighted by atomic mass is 9.91. The molecule has 1 atom stereocenters. The van der Waals surface area contributed by atoms with Crippen LogP contribution in [0.15, 0.2) is 24.3 Å². The highest BCUT2D eigenvalue weighted by Crippen LogP contribution is 2.28. The molecule has 1 fully saturated rings. The summed E-state index contributed by atoms with van der Waals surface area (Å²) in [7, 11) is 0. The summed E-state index contributed by atoms with van der Waals surface area (Å²) in [6.45, 7) is 3.38. The molecule has 1 saturated heterocycles. The second kappa shape index (κ2) is 7.77. The molecule has 0 saturated carbocycles. The Morgan fingerprint density at radius 3 is 2.60 bits per heavy atom. The molecule has 1 aromatic carbocycles. The third kappa shape index (κ3) is 3.95. The van der Waals surface area contributed by atoms with Gasteiger partial charge in [-0.15, -0.1) is 0 Å². The first-order chi connectivity index (χ1) is 11.9. The molecule has 2 rings (SSSR count). The van der Waals surface area contributed by atoms with E-state index in [1.807, 2.05) is 6.07 Å². The SMILES string of the molecule is CCOC(=O)COCCN1C(=O)NC(C)(c2ccc(C#N)cc2)C1=O. The standard InChI is InChI=1S/C17H19N3O5/c1-3-25-14(21)11-24-9-8-20-15(22)17(2,19-16(20)23)13-6-4-12(10-18)5-7-13/h4-7H,3,8-9,11H2,1-2H3,(H,19,23). The molecule has 132 valence electrons. The maximum absolute atomic E-state index is 12.7. The van der Waals surface area contributed by atoms with Crippen LogP contribution in [-0.2, 0) is 24.6 Å². The lowest BCUT2D eigenvalue weighted by molar-refractivity contribution is -0.148. The van der Waals surface area contributed by atoms with E-state index in [0.29, 0.717) is 11.1 Å². The number of ether oxygens (including phenoxy) is 2. The van der Waals surface area contributed by atoms with Gasteiger partial charge < -0.3 is 14.8 Å². The van der Waals surface area contributed by atoms with Gasteiger partial charge in [-0.3, -0.25) is 9.69 Å². The van der Waals surface area contributed by atoms with Gasteiger partial charge in [0.1, 0.15) is 12.1 Å². The number of amides is 3. The first kappa shape index (κ1) is 18.4. The lowest BCUT2D eigenvalue weighted by Gasteiger charge is -2.22. The number of imide groups is 1. The molecule has 0 bridgehead atoms. The van der Waals surface area contributed by atoms with Gasteiger partial charge in [-0.25, -0.2) is 9.59 Å². The molecule has 0 radical (unpaired) electrons. The van der Waals surface area contributed by atoms with Crippen LogP contribution in [0.5, 0.6) is 0 Å². The predicted octanol–water partition coefficient (Wildman–Crippen LogP) is 0.905. The second-order valence-electron chi connectivity index (χ2n) is 5.56. The zero-order valence-corrected chi connectivity index (χ0v) is 14.1. The van der Waals surface area contributed by atoms with Crippen LogP contribution in [-0.4, -0.2) is 49.2 Å². The van der Waals surface area contributed by atoms with Crippen molar-refractivity contribution < 1.29 is 23.9 Å². The molecule has 1 heterocycles. The average Bonchev–Trinajstić information content (AvgIpc) is 2.82. The maximum atomic E-state index is 12.7. The van der Waals surface area contributed by atoms with Crippen LogP contribution in [0.3, 0.4) is 0 Å². The number of hydrogen-bond donors (Lipinski definition) is 1. The third-order valence-corrected chi connectivity index (χ3v) is 3.85. The molecule has 3 amide bonds. The van der Waals surface area contributed by atoms with Gasteiger partial charge in [-0.05, 0) is 31.5 Å². The van der Waals surface area contributed by atoms with E-state index in [2.05, 4.69) is 5.32 Å². The molecule has 0 aromatic heterocycles. The van der Waals surface area contributed by atoms with Crippen LogP contribution in [0.4, 0.5) is 4.79 Å². The topological polar surface area (TPSA) is 109 Å². The highest BCUT2D eigenvalue weighted by molar-refractivity contribution is 6.07. The Bertz CT molecular complexity index is 710. The number of rotatable bonds is 7. The summed E-state index contributed by atoms with van der Waals surface area (Å²) < 4.78 is 9.85. The van der Waals surface area contributed by atoms with Crippen molar-refractivity contribution in [2.75, 3.05) is 26.4 Å². The van der Waals surface area contributed by atoms with Crippen LogP contribution < -0.4 is 5.32 Å². The molecule has 0 spiro atoms. The monoisotopic (exact) mass is 345 g/mol. The van der Waals surface area contributed by atoms with E-state index < -0.39 is 23.4 Å². The van der Waals surface area contributed by atoms with Crippen LogP contribution in [0.2, 0.25) is 0 Å². The van der Waals surface area contributed by atoms with Crippen molar-refractivity contribution in [3.8, 4) is 6.07 Å². The molecule has 1 N–H and O–H groups in total. The maximum Gasteiger partial charge on any atom is 0.332 e. The number of hydrogen-bond acceptors (Lipinski definition) is 6. The summed E-state index contributed by atoms with van der Waals surface area (Å²) in [6, 6.07) is 7.92. The molecule has 1 unspecified atom stereocenters. The van der Waals surface area contributed by atoms with E-state index in [4.69, 9.17) is 14.7 Å².